The Kier molecular flexibility index (Phi) is 3.63. The van der Waals surface area contributed by atoms with Crippen LogP contribution in [0.1, 0.15) is 18.2 Å². The average molecular weight is 205 g/mol. The van der Waals surface area contributed by atoms with E-state index in [0.29, 0.717) is 17.9 Å². The van der Waals surface area contributed by atoms with E-state index in [1.807, 2.05) is 0 Å². The van der Waals surface area contributed by atoms with E-state index in [-0.39, 0.29) is 5.95 Å². The number of anilines is 1. The van der Waals surface area contributed by atoms with Crippen LogP contribution in [-0.2, 0) is 9.53 Å². The molecule has 0 aromatic carbocycles. The molecule has 0 aliphatic rings. The third-order valence-corrected chi connectivity index (χ3v) is 1.57. The molecule has 0 saturated carbocycles. The van der Waals surface area contributed by atoms with Gasteiger partial charge < -0.3 is 10.5 Å². The summed E-state index contributed by atoms with van der Waals surface area (Å²) < 4.78 is 4.65. The number of ether oxygens (including phenoxy) is 1. The molecule has 0 bridgehead atoms. The van der Waals surface area contributed by atoms with Crippen LogP contribution in [0.3, 0.4) is 0 Å². The number of nitrogens with two attached hydrogens (primary N) is 1. The lowest BCUT2D eigenvalue weighted by Gasteiger charge is -1.96. The molecule has 0 atom stereocenters. The van der Waals surface area contributed by atoms with E-state index in [2.05, 4.69) is 26.5 Å². The van der Waals surface area contributed by atoms with E-state index < -0.39 is 5.97 Å². The van der Waals surface area contributed by atoms with Crippen LogP contribution in [0.5, 0.6) is 0 Å². The molecule has 0 fully saturated rings. The average Bonchev–Trinajstić information content (AvgIpc) is 2.17. The van der Waals surface area contributed by atoms with Crippen LogP contribution >= 0.6 is 0 Å². The number of nitrogens with zero attached hydrogens (tertiary/aromatic N) is 2. The minimum atomic E-state index is -0.561. The van der Waals surface area contributed by atoms with Crippen LogP contribution in [0.2, 0.25) is 0 Å². The lowest BCUT2D eigenvalue weighted by Crippen LogP contribution is -2.01. The predicted molar refractivity (Wildman–Crippen MR) is 54.7 cm³/mol. The number of aromatic nitrogens is 2. The normalized spacial score (nSPS) is 8.93. The second-order valence-corrected chi connectivity index (χ2v) is 2.70. The minimum absolute atomic E-state index is 0.189. The van der Waals surface area contributed by atoms with Gasteiger partial charge in [-0.2, -0.15) is 0 Å². The van der Waals surface area contributed by atoms with E-state index in [1.165, 1.54) is 6.20 Å². The first-order valence-corrected chi connectivity index (χ1v) is 4.41. The first kappa shape index (κ1) is 11.0. The highest BCUT2D eigenvalue weighted by molar-refractivity contribution is 5.89. The summed E-state index contributed by atoms with van der Waals surface area (Å²) in [6.07, 6.45) is 1.48. The number of carbonyl (C=O) groups is 1. The van der Waals surface area contributed by atoms with Crippen molar-refractivity contribution in [3.63, 3.8) is 0 Å². The Balaban J connectivity index is 2.84. The van der Waals surface area contributed by atoms with E-state index in [0.717, 1.165) is 0 Å². The monoisotopic (exact) mass is 205 g/mol. The maximum absolute atomic E-state index is 10.9. The van der Waals surface area contributed by atoms with Gasteiger partial charge in [0.25, 0.3) is 0 Å². The standard InChI is InChI=1S/C10H11N3O2/c1-3-15-9(14)5-4-8-6-12-10(11)13-7(8)2/h6H,3H2,1-2H3,(H2,11,12,13). The second-order valence-electron chi connectivity index (χ2n) is 2.70. The van der Waals surface area contributed by atoms with Crippen molar-refractivity contribution in [1.82, 2.24) is 9.97 Å². The molecular weight excluding hydrogens is 194 g/mol. The highest BCUT2D eigenvalue weighted by Gasteiger charge is 1.98. The zero-order valence-corrected chi connectivity index (χ0v) is 8.57. The maximum atomic E-state index is 10.9. The van der Waals surface area contributed by atoms with E-state index in [9.17, 15) is 4.79 Å². The van der Waals surface area contributed by atoms with E-state index in [4.69, 9.17) is 5.73 Å². The molecule has 0 aliphatic heterocycles. The van der Waals surface area contributed by atoms with Gasteiger partial charge >= 0.3 is 5.97 Å². The molecule has 0 aliphatic carbocycles. The van der Waals surface area contributed by atoms with Crippen LogP contribution in [0.4, 0.5) is 5.95 Å². The van der Waals surface area contributed by atoms with Gasteiger partial charge in [0.2, 0.25) is 5.95 Å². The molecule has 0 radical (unpaired) electrons. The molecule has 5 heteroatoms. The summed E-state index contributed by atoms with van der Waals surface area (Å²) >= 11 is 0. The number of carbonyl (C=O) groups excluding carboxylic acids is 1. The first-order chi connectivity index (χ1) is 7.13. The lowest BCUT2D eigenvalue weighted by molar-refractivity contribution is -0.136. The summed E-state index contributed by atoms with van der Waals surface area (Å²) in [5.74, 6) is 4.58. The van der Waals surface area contributed by atoms with Gasteiger partial charge in [-0.1, -0.05) is 5.92 Å². The highest BCUT2D eigenvalue weighted by atomic mass is 16.5. The van der Waals surface area contributed by atoms with Crippen molar-refractivity contribution in [3.05, 3.63) is 17.5 Å². The molecule has 0 saturated heterocycles. The zero-order valence-electron chi connectivity index (χ0n) is 8.57. The Labute approximate surface area is 87.7 Å². The van der Waals surface area contributed by atoms with Crippen LogP contribution in [0, 0.1) is 18.8 Å². The molecule has 78 valence electrons. The van der Waals surface area contributed by atoms with Crippen molar-refractivity contribution in [2.45, 2.75) is 13.8 Å². The van der Waals surface area contributed by atoms with Gasteiger partial charge in [0.1, 0.15) is 0 Å². The Hall–Kier alpha value is -2.09. The van der Waals surface area contributed by atoms with Gasteiger partial charge in [0, 0.05) is 12.1 Å². The predicted octanol–water partition coefficient (Wildman–Crippen LogP) is 0.282. The molecule has 15 heavy (non-hydrogen) atoms. The fraction of sp³-hybridized carbons (Fsp3) is 0.300. The van der Waals surface area contributed by atoms with Crippen LogP contribution in [-0.4, -0.2) is 22.5 Å². The van der Waals surface area contributed by atoms with Gasteiger partial charge in [-0.15, -0.1) is 0 Å². The number of hydrogen-bond donors (Lipinski definition) is 1. The SMILES string of the molecule is CCOC(=O)C#Cc1cnc(N)nc1C. The van der Waals surface area contributed by atoms with Crippen molar-refractivity contribution in [3.8, 4) is 11.8 Å². The second kappa shape index (κ2) is 4.96. The Morgan fingerprint density at radius 3 is 3.00 bits per heavy atom. The molecule has 1 aromatic heterocycles. The fourth-order valence-corrected chi connectivity index (χ4v) is 0.893. The first-order valence-electron chi connectivity index (χ1n) is 4.41. The summed E-state index contributed by atoms with van der Waals surface area (Å²) in [4.78, 5) is 18.6. The molecule has 0 spiro atoms. The van der Waals surface area contributed by atoms with E-state index >= 15 is 0 Å². The lowest BCUT2D eigenvalue weighted by atomic mass is 10.2. The quantitative estimate of drug-likeness (QED) is 0.526. The third-order valence-electron chi connectivity index (χ3n) is 1.57. The third kappa shape index (κ3) is 3.27. The molecule has 2 N–H and O–H groups in total. The van der Waals surface area contributed by atoms with Crippen molar-refractivity contribution >= 4 is 11.9 Å². The maximum Gasteiger partial charge on any atom is 0.384 e. The van der Waals surface area contributed by atoms with Gasteiger partial charge in [-0.05, 0) is 13.8 Å². The highest BCUT2D eigenvalue weighted by Crippen LogP contribution is 2.02. The number of hydrogen-bond acceptors (Lipinski definition) is 5. The molecule has 1 heterocycles. The van der Waals surface area contributed by atoms with Crippen molar-refractivity contribution < 1.29 is 9.53 Å². The topological polar surface area (TPSA) is 78.1 Å². The fourth-order valence-electron chi connectivity index (χ4n) is 0.893. The Morgan fingerprint density at radius 1 is 1.67 bits per heavy atom. The van der Waals surface area contributed by atoms with Crippen LogP contribution < -0.4 is 5.73 Å². The molecule has 1 rings (SSSR count). The smallest absolute Gasteiger partial charge is 0.384 e. The van der Waals surface area contributed by atoms with Gasteiger partial charge in [-0.25, -0.2) is 14.8 Å². The number of esters is 1. The largest absolute Gasteiger partial charge is 0.456 e. The van der Waals surface area contributed by atoms with Crippen LogP contribution in [0.25, 0.3) is 0 Å². The van der Waals surface area contributed by atoms with Gasteiger partial charge in [0.05, 0.1) is 17.9 Å². The van der Waals surface area contributed by atoms with Crippen molar-refractivity contribution in [2.24, 2.45) is 0 Å². The van der Waals surface area contributed by atoms with Crippen molar-refractivity contribution in [2.75, 3.05) is 12.3 Å². The van der Waals surface area contributed by atoms with Crippen molar-refractivity contribution in [1.29, 1.82) is 0 Å². The van der Waals surface area contributed by atoms with E-state index in [1.54, 1.807) is 13.8 Å². The summed E-state index contributed by atoms with van der Waals surface area (Å²) in [5.41, 5.74) is 6.57. The summed E-state index contributed by atoms with van der Waals surface area (Å²) in [6, 6.07) is 0. The molecule has 0 unspecified atom stereocenters. The zero-order chi connectivity index (χ0) is 11.3. The Bertz CT molecular complexity index is 432. The number of nitrogen functional groups attached to an aromatic ring is 1. The molecule has 0 amide bonds. The summed E-state index contributed by atoms with van der Waals surface area (Å²) in [7, 11) is 0. The molecule has 5 nitrogen and oxygen atoms in total. The number of aryl methyl sites for hydroxylation is 1. The molecule has 1 aromatic rings. The Morgan fingerprint density at radius 2 is 2.40 bits per heavy atom. The summed E-state index contributed by atoms with van der Waals surface area (Å²) in [5, 5.41) is 0. The van der Waals surface area contributed by atoms with Crippen LogP contribution in [0.15, 0.2) is 6.20 Å². The molecular formula is C10H11N3O2. The number of rotatable bonds is 1. The minimum Gasteiger partial charge on any atom is -0.456 e. The van der Waals surface area contributed by atoms with Gasteiger partial charge in [-0.3, -0.25) is 0 Å². The van der Waals surface area contributed by atoms with Gasteiger partial charge in [0.15, 0.2) is 0 Å². The summed E-state index contributed by atoms with van der Waals surface area (Å²) in [6.45, 7) is 3.77.